The summed E-state index contributed by atoms with van der Waals surface area (Å²) in [4.78, 5) is 4.11. The molecule has 1 aromatic heterocycles. The van der Waals surface area contributed by atoms with E-state index in [9.17, 15) is 8.42 Å². The first-order chi connectivity index (χ1) is 8.42. The molecule has 0 amide bonds. The summed E-state index contributed by atoms with van der Waals surface area (Å²) in [6.07, 6.45) is 2.76. The lowest BCUT2D eigenvalue weighted by atomic mass is 10.3. The SMILES string of the molecule is CC(Cl)CCN(C)S(=O)(=O)CCc1ccccn1. The van der Waals surface area contributed by atoms with Gasteiger partial charge in [0.1, 0.15) is 0 Å². The number of sulfonamides is 1. The van der Waals surface area contributed by atoms with Crippen LogP contribution in [-0.2, 0) is 16.4 Å². The molecule has 0 spiro atoms. The van der Waals surface area contributed by atoms with E-state index in [2.05, 4.69) is 4.98 Å². The zero-order chi connectivity index (χ0) is 13.6. The predicted molar refractivity (Wildman–Crippen MR) is 74.3 cm³/mol. The third-order valence-corrected chi connectivity index (χ3v) is 4.73. The summed E-state index contributed by atoms with van der Waals surface area (Å²) in [7, 11) is -1.63. The Kier molecular flexibility index (Phi) is 6.05. The Hall–Kier alpha value is -0.650. The number of nitrogens with zero attached hydrogens (tertiary/aromatic N) is 2. The van der Waals surface area contributed by atoms with Crippen LogP contribution >= 0.6 is 11.6 Å². The molecule has 1 rings (SSSR count). The maximum Gasteiger partial charge on any atom is 0.214 e. The van der Waals surface area contributed by atoms with Gasteiger partial charge < -0.3 is 0 Å². The standard InChI is InChI=1S/C12H19ClN2O2S/c1-11(13)6-9-15(2)18(16,17)10-7-12-5-3-4-8-14-12/h3-5,8,11H,6-7,9-10H2,1-2H3. The lowest BCUT2D eigenvalue weighted by Gasteiger charge is -2.17. The third-order valence-electron chi connectivity index (χ3n) is 2.66. The molecule has 6 heteroatoms. The molecule has 0 saturated heterocycles. The monoisotopic (exact) mass is 290 g/mol. The average molecular weight is 291 g/mol. The molecule has 102 valence electrons. The van der Waals surface area contributed by atoms with Crippen LogP contribution in [0.1, 0.15) is 19.0 Å². The normalized spacial score (nSPS) is 13.8. The van der Waals surface area contributed by atoms with Crippen molar-refractivity contribution < 1.29 is 8.42 Å². The van der Waals surface area contributed by atoms with E-state index < -0.39 is 10.0 Å². The van der Waals surface area contributed by atoms with Crippen LogP contribution < -0.4 is 0 Å². The number of halogens is 1. The molecule has 1 unspecified atom stereocenters. The Bertz CT molecular complexity index is 448. The zero-order valence-electron chi connectivity index (χ0n) is 10.7. The molecule has 18 heavy (non-hydrogen) atoms. The van der Waals surface area contributed by atoms with Gasteiger partial charge in [0.2, 0.25) is 10.0 Å². The van der Waals surface area contributed by atoms with Gasteiger partial charge in [-0.05, 0) is 25.5 Å². The van der Waals surface area contributed by atoms with Crippen molar-refractivity contribution in [2.75, 3.05) is 19.3 Å². The molecule has 0 aliphatic heterocycles. The minimum absolute atomic E-state index is 0.0153. The molecular formula is C12H19ClN2O2S. The van der Waals surface area contributed by atoms with E-state index >= 15 is 0 Å². The third kappa shape index (κ3) is 5.33. The van der Waals surface area contributed by atoms with Crippen molar-refractivity contribution in [3.05, 3.63) is 30.1 Å². The van der Waals surface area contributed by atoms with Crippen molar-refractivity contribution in [2.45, 2.75) is 25.1 Å². The molecule has 0 saturated carbocycles. The summed E-state index contributed by atoms with van der Waals surface area (Å²) >= 11 is 5.81. The van der Waals surface area contributed by atoms with Gasteiger partial charge in [-0.15, -0.1) is 11.6 Å². The average Bonchev–Trinajstić information content (AvgIpc) is 2.34. The summed E-state index contributed by atoms with van der Waals surface area (Å²) < 4.78 is 25.3. The minimum atomic E-state index is -3.22. The van der Waals surface area contributed by atoms with Gasteiger partial charge in [0.25, 0.3) is 0 Å². The summed E-state index contributed by atoms with van der Waals surface area (Å²) in [6, 6.07) is 5.50. The summed E-state index contributed by atoms with van der Waals surface area (Å²) in [6.45, 7) is 2.31. The smallest absolute Gasteiger partial charge is 0.214 e. The van der Waals surface area contributed by atoms with Crippen molar-refractivity contribution in [3.8, 4) is 0 Å². The molecule has 0 aliphatic carbocycles. The van der Waals surface area contributed by atoms with Crippen molar-refractivity contribution in [1.29, 1.82) is 0 Å². The van der Waals surface area contributed by atoms with E-state index in [4.69, 9.17) is 11.6 Å². The number of hydrogen-bond acceptors (Lipinski definition) is 3. The van der Waals surface area contributed by atoms with E-state index in [0.29, 0.717) is 19.4 Å². The van der Waals surface area contributed by atoms with Crippen LogP contribution in [0.15, 0.2) is 24.4 Å². The fourth-order valence-corrected chi connectivity index (χ4v) is 2.69. The lowest BCUT2D eigenvalue weighted by Crippen LogP contribution is -2.31. The number of rotatable bonds is 7. The topological polar surface area (TPSA) is 50.3 Å². The Morgan fingerprint density at radius 2 is 2.17 bits per heavy atom. The summed E-state index contributed by atoms with van der Waals surface area (Å²) in [5.74, 6) is 0.0805. The van der Waals surface area contributed by atoms with Crippen molar-refractivity contribution >= 4 is 21.6 Å². The largest absolute Gasteiger partial charge is 0.261 e. The molecule has 1 aromatic rings. The molecular weight excluding hydrogens is 272 g/mol. The number of aromatic nitrogens is 1. The number of aryl methyl sites for hydroxylation is 1. The highest BCUT2D eigenvalue weighted by Gasteiger charge is 2.18. The van der Waals surface area contributed by atoms with Crippen LogP contribution in [0.5, 0.6) is 0 Å². The molecule has 1 heterocycles. The molecule has 0 bridgehead atoms. The first-order valence-electron chi connectivity index (χ1n) is 5.90. The second-order valence-corrected chi connectivity index (χ2v) is 7.22. The molecule has 0 radical (unpaired) electrons. The zero-order valence-corrected chi connectivity index (χ0v) is 12.3. The maximum absolute atomic E-state index is 12.0. The molecule has 0 aliphatic rings. The van der Waals surface area contributed by atoms with Gasteiger partial charge in [0.05, 0.1) is 5.75 Å². The van der Waals surface area contributed by atoms with Gasteiger partial charge in [0.15, 0.2) is 0 Å². The van der Waals surface area contributed by atoms with E-state index in [1.54, 1.807) is 13.2 Å². The van der Waals surface area contributed by atoms with Crippen LogP contribution in [0.4, 0.5) is 0 Å². The van der Waals surface area contributed by atoms with E-state index in [0.717, 1.165) is 5.69 Å². The highest BCUT2D eigenvalue weighted by molar-refractivity contribution is 7.89. The highest BCUT2D eigenvalue weighted by Crippen LogP contribution is 2.07. The first kappa shape index (κ1) is 15.4. The van der Waals surface area contributed by atoms with Gasteiger partial charge >= 0.3 is 0 Å². The Balaban J connectivity index is 2.49. The van der Waals surface area contributed by atoms with Crippen LogP contribution in [0.25, 0.3) is 0 Å². The van der Waals surface area contributed by atoms with Crippen LogP contribution in [0.3, 0.4) is 0 Å². The molecule has 0 N–H and O–H groups in total. The van der Waals surface area contributed by atoms with Gasteiger partial charge in [-0.1, -0.05) is 6.07 Å². The van der Waals surface area contributed by atoms with Crippen LogP contribution in [-0.4, -0.2) is 42.4 Å². The van der Waals surface area contributed by atoms with Crippen LogP contribution in [0.2, 0.25) is 0 Å². The van der Waals surface area contributed by atoms with Crippen molar-refractivity contribution in [1.82, 2.24) is 9.29 Å². The van der Waals surface area contributed by atoms with Crippen LogP contribution in [0, 0.1) is 0 Å². The molecule has 4 nitrogen and oxygen atoms in total. The van der Waals surface area contributed by atoms with Gasteiger partial charge in [0, 0.05) is 37.3 Å². The first-order valence-corrected chi connectivity index (χ1v) is 7.94. The number of alkyl halides is 1. The fraction of sp³-hybridized carbons (Fsp3) is 0.583. The summed E-state index contributed by atoms with van der Waals surface area (Å²) in [5.41, 5.74) is 0.792. The molecule has 1 atom stereocenters. The molecule has 0 aromatic carbocycles. The number of hydrogen-bond donors (Lipinski definition) is 0. The Morgan fingerprint density at radius 1 is 1.44 bits per heavy atom. The quantitative estimate of drug-likeness (QED) is 0.721. The maximum atomic E-state index is 12.0. The molecule has 0 fully saturated rings. The highest BCUT2D eigenvalue weighted by atomic mass is 35.5. The predicted octanol–water partition coefficient (Wildman–Crippen LogP) is 1.90. The second-order valence-electron chi connectivity index (χ2n) is 4.28. The van der Waals surface area contributed by atoms with Gasteiger partial charge in [-0.25, -0.2) is 12.7 Å². The van der Waals surface area contributed by atoms with E-state index in [-0.39, 0.29) is 11.1 Å². The van der Waals surface area contributed by atoms with E-state index in [1.165, 1.54) is 4.31 Å². The van der Waals surface area contributed by atoms with Crippen molar-refractivity contribution in [3.63, 3.8) is 0 Å². The Labute approximate surface area is 114 Å². The van der Waals surface area contributed by atoms with Gasteiger partial charge in [-0.2, -0.15) is 0 Å². The van der Waals surface area contributed by atoms with E-state index in [1.807, 2.05) is 25.1 Å². The second kappa shape index (κ2) is 7.07. The van der Waals surface area contributed by atoms with Gasteiger partial charge in [-0.3, -0.25) is 4.98 Å². The summed E-state index contributed by atoms with van der Waals surface area (Å²) in [5, 5.41) is -0.0153. The lowest BCUT2D eigenvalue weighted by molar-refractivity contribution is 0.460. The van der Waals surface area contributed by atoms with Crippen molar-refractivity contribution in [2.24, 2.45) is 0 Å². The Morgan fingerprint density at radius 3 is 2.72 bits per heavy atom. The number of pyridine rings is 1. The minimum Gasteiger partial charge on any atom is -0.261 e. The fourth-order valence-electron chi connectivity index (χ4n) is 1.43.